The number of nitrogens with one attached hydrogen (secondary N) is 1. The molecular formula is C20H19FN4O3. The van der Waals surface area contributed by atoms with E-state index in [9.17, 15) is 9.18 Å². The fourth-order valence-corrected chi connectivity index (χ4v) is 3.06. The highest BCUT2D eigenvalue weighted by Gasteiger charge is 2.27. The number of anilines is 1. The second-order valence-corrected chi connectivity index (χ2v) is 6.33. The molecule has 144 valence electrons. The van der Waals surface area contributed by atoms with Crippen molar-refractivity contribution in [3.8, 4) is 5.75 Å². The van der Waals surface area contributed by atoms with Crippen LogP contribution in [0.2, 0.25) is 0 Å². The Kier molecular flexibility index (Phi) is 5.03. The molecule has 0 saturated heterocycles. The number of fused-ring (bicyclic) bond motifs is 1. The molecule has 1 aromatic heterocycles. The number of aromatic nitrogens is 3. The van der Waals surface area contributed by atoms with Crippen LogP contribution in [0.15, 0.2) is 48.5 Å². The van der Waals surface area contributed by atoms with Gasteiger partial charge >= 0.3 is 0 Å². The topological polar surface area (TPSA) is 78.3 Å². The summed E-state index contributed by atoms with van der Waals surface area (Å²) in [4.78, 5) is 12.6. The SMILES string of the molecule is CCOc1ccc(NC(=O)c2nnn3c2COC(c2ccc(F)cc2)C3)cc1. The zero-order valence-corrected chi connectivity index (χ0v) is 15.3. The van der Waals surface area contributed by atoms with Gasteiger partial charge in [0.05, 0.1) is 25.5 Å². The van der Waals surface area contributed by atoms with Crippen LogP contribution in [-0.2, 0) is 17.9 Å². The Morgan fingerprint density at radius 3 is 2.71 bits per heavy atom. The summed E-state index contributed by atoms with van der Waals surface area (Å²) in [5.74, 6) is 0.0882. The van der Waals surface area contributed by atoms with Crippen LogP contribution < -0.4 is 10.1 Å². The summed E-state index contributed by atoms with van der Waals surface area (Å²) in [7, 11) is 0. The van der Waals surface area contributed by atoms with E-state index < -0.39 is 0 Å². The van der Waals surface area contributed by atoms with E-state index in [4.69, 9.17) is 9.47 Å². The number of hydrogen-bond acceptors (Lipinski definition) is 5. The molecule has 0 spiro atoms. The van der Waals surface area contributed by atoms with Crippen molar-refractivity contribution in [2.75, 3.05) is 11.9 Å². The van der Waals surface area contributed by atoms with E-state index >= 15 is 0 Å². The first-order valence-corrected chi connectivity index (χ1v) is 8.97. The minimum Gasteiger partial charge on any atom is -0.494 e. The maximum atomic E-state index is 13.1. The largest absolute Gasteiger partial charge is 0.494 e. The third-order valence-corrected chi connectivity index (χ3v) is 4.48. The number of carbonyl (C=O) groups excluding carboxylic acids is 1. The monoisotopic (exact) mass is 382 g/mol. The number of halogens is 1. The van der Waals surface area contributed by atoms with Gasteiger partial charge in [-0.05, 0) is 48.9 Å². The van der Waals surface area contributed by atoms with E-state index in [0.29, 0.717) is 24.5 Å². The Balaban J connectivity index is 1.46. The molecule has 2 heterocycles. The molecule has 7 nitrogen and oxygen atoms in total. The van der Waals surface area contributed by atoms with Crippen LogP contribution in [0.4, 0.5) is 10.1 Å². The fourth-order valence-electron chi connectivity index (χ4n) is 3.06. The molecule has 0 saturated carbocycles. The predicted octanol–water partition coefficient (Wildman–Crippen LogP) is 3.34. The van der Waals surface area contributed by atoms with Crippen LogP contribution in [0.3, 0.4) is 0 Å². The molecule has 3 aromatic rings. The van der Waals surface area contributed by atoms with Crippen LogP contribution in [-0.4, -0.2) is 27.5 Å². The summed E-state index contributed by atoms with van der Waals surface area (Å²) in [5, 5.41) is 10.9. The first kappa shape index (κ1) is 18.1. The molecule has 28 heavy (non-hydrogen) atoms. The maximum absolute atomic E-state index is 13.1. The molecule has 1 aliphatic heterocycles. The summed E-state index contributed by atoms with van der Waals surface area (Å²) in [6, 6.07) is 13.3. The first-order chi connectivity index (χ1) is 13.6. The Bertz CT molecular complexity index is 970. The van der Waals surface area contributed by atoms with Gasteiger partial charge in [-0.2, -0.15) is 0 Å². The standard InChI is InChI=1S/C20H19FN4O3/c1-2-27-16-9-7-15(8-10-16)22-20(26)19-17-12-28-18(11-25(17)24-23-19)13-3-5-14(21)6-4-13/h3-10,18H,2,11-12H2,1H3,(H,22,26). The second kappa shape index (κ2) is 7.77. The van der Waals surface area contributed by atoms with Crippen LogP contribution in [0.1, 0.15) is 34.8 Å². The van der Waals surface area contributed by atoms with Crippen molar-refractivity contribution < 1.29 is 18.7 Å². The quantitative estimate of drug-likeness (QED) is 0.732. The van der Waals surface area contributed by atoms with E-state index in [1.165, 1.54) is 12.1 Å². The minimum absolute atomic E-state index is 0.196. The Hall–Kier alpha value is -3.26. The number of hydrogen-bond donors (Lipinski definition) is 1. The van der Waals surface area contributed by atoms with E-state index in [1.54, 1.807) is 41.1 Å². The zero-order chi connectivity index (χ0) is 19.5. The summed E-state index contributed by atoms with van der Waals surface area (Å²) < 4.78 is 26.0. The average molecular weight is 382 g/mol. The molecule has 2 aromatic carbocycles. The van der Waals surface area contributed by atoms with Gasteiger partial charge in [-0.15, -0.1) is 5.10 Å². The Morgan fingerprint density at radius 1 is 1.25 bits per heavy atom. The molecule has 0 bridgehead atoms. The molecule has 8 heteroatoms. The van der Waals surface area contributed by atoms with Gasteiger partial charge < -0.3 is 14.8 Å². The number of carbonyl (C=O) groups is 1. The number of rotatable bonds is 5. The number of amides is 1. The minimum atomic E-state index is -0.353. The van der Waals surface area contributed by atoms with E-state index in [2.05, 4.69) is 15.6 Å². The number of nitrogens with zero attached hydrogens (tertiary/aromatic N) is 3. The van der Waals surface area contributed by atoms with Crippen LogP contribution in [0, 0.1) is 5.82 Å². The fraction of sp³-hybridized carbons (Fsp3) is 0.250. The van der Waals surface area contributed by atoms with E-state index in [1.807, 2.05) is 6.92 Å². The lowest BCUT2D eigenvalue weighted by molar-refractivity contribution is -0.00174. The highest BCUT2D eigenvalue weighted by Crippen LogP contribution is 2.27. The number of ether oxygens (including phenoxy) is 2. The van der Waals surface area contributed by atoms with Crippen molar-refractivity contribution in [3.63, 3.8) is 0 Å². The molecule has 1 amide bonds. The van der Waals surface area contributed by atoms with Gasteiger partial charge in [-0.25, -0.2) is 9.07 Å². The molecule has 1 aliphatic rings. The van der Waals surface area contributed by atoms with E-state index in [0.717, 1.165) is 11.3 Å². The molecule has 1 N–H and O–H groups in total. The van der Waals surface area contributed by atoms with Crippen molar-refractivity contribution in [3.05, 3.63) is 71.3 Å². The van der Waals surface area contributed by atoms with Crippen LogP contribution in [0.5, 0.6) is 5.75 Å². The van der Waals surface area contributed by atoms with Gasteiger partial charge in [0.2, 0.25) is 0 Å². The summed E-state index contributed by atoms with van der Waals surface area (Å²) in [5.41, 5.74) is 2.33. The van der Waals surface area contributed by atoms with Crippen molar-refractivity contribution in [1.82, 2.24) is 15.0 Å². The Labute approximate surface area is 161 Å². The molecule has 0 radical (unpaired) electrons. The molecule has 0 aliphatic carbocycles. The van der Waals surface area contributed by atoms with Gasteiger partial charge in [0, 0.05) is 5.69 Å². The van der Waals surface area contributed by atoms with Gasteiger partial charge in [0.1, 0.15) is 17.7 Å². The third-order valence-electron chi connectivity index (χ3n) is 4.48. The van der Waals surface area contributed by atoms with Crippen molar-refractivity contribution >= 4 is 11.6 Å². The van der Waals surface area contributed by atoms with Gasteiger partial charge in [0.15, 0.2) is 5.69 Å². The molecular weight excluding hydrogens is 363 g/mol. The normalized spacial score (nSPS) is 15.7. The number of benzene rings is 2. The molecule has 4 rings (SSSR count). The second-order valence-electron chi connectivity index (χ2n) is 6.33. The lowest BCUT2D eigenvalue weighted by atomic mass is 10.1. The highest BCUT2D eigenvalue weighted by atomic mass is 19.1. The summed E-state index contributed by atoms with van der Waals surface area (Å²) >= 11 is 0. The van der Waals surface area contributed by atoms with Gasteiger partial charge in [0.25, 0.3) is 5.91 Å². The lowest BCUT2D eigenvalue weighted by Gasteiger charge is -2.24. The predicted molar refractivity (Wildman–Crippen MR) is 99.5 cm³/mol. The van der Waals surface area contributed by atoms with Crippen LogP contribution in [0.25, 0.3) is 0 Å². The first-order valence-electron chi connectivity index (χ1n) is 8.97. The molecule has 0 fully saturated rings. The smallest absolute Gasteiger partial charge is 0.278 e. The maximum Gasteiger partial charge on any atom is 0.278 e. The van der Waals surface area contributed by atoms with Gasteiger partial charge in [-0.3, -0.25) is 4.79 Å². The third kappa shape index (κ3) is 3.72. The van der Waals surface area contributed by atoms with Crippen molar-refractivity contribution in [2.45, 2.75) is 26.2 Å². The molecule has 1 atom stereocenters. The summed E-state index contributed by atoms with van der Waals surface area (Å²) in [6.45, 7) is 3.09. The van der Waals surface area contributed by atoms with Crippen LogP contribution >= 0.6 is 0 Å². The molecule has 1 unspecified atom stereocenters. The van der Waals surface area contributed by atoms with E-state index in [-0.39, 0.29) is 30.1 Å². The van der Waals surface area contributed by atoms with Gasteiger partial charge in [-0.1, -0.05) is 17.3 Å². The summed E-state index contributed by atoms with van der Waals surface area (Å²) in [6.07, 6.45) is -0.267. The Morgan fingerprint density at radius 2 is 2.00 bits per heavy atom. The average Bonchev–Trinajstić information content (AvgIpc) is 3.13. The zero-order valence-electron chi connectivity index (χ0n) is 15.3. The van der Waals surface area contributed by atoms with Crippen molar-refractivity contribution in [1.29, 1.82) is 0 Å². The van der Waals surface area contributed by atoms with Crippen molar-refractivity contribution in [2.24, 2.45) is 0 Å². The lowest BCUT2D eigenvalue weighted by Crippen LogP contribution is -2.24. The highest BCUT2D eigenvalue weighted by molar-refractivity contribution is 6.03.